The Labute approximate surface area is 160 Å². The van der Waals surface area contributed by atoms with E-state index >= 15 is 0 Å². The van der Waals surface area contributed by atoms with Crippen LogP contribution in [0.4, 0.5) is 0 Å². The fraction of sp³-hybridized carbons (Fsp3) is 0.0952. The number of H-pyrrole nitrogens is 1. The third kappa shape index (κ3) is 2.92. The molecule has 0 aliphatic carbocycles. The first-order valence-electron chi connectivity index (χ1n) is 8.92. The second kappa shape index (κ2) is 6.38. The predicted octanol–water partition coefficient (Wildman–Crippen LogP) is 3.58. The second-order valence-electron chi connectivity index (χ2n) is 6.82. The van der Waals surface area contributed by atoms with Crippen LogP contribution in [0.15, 0.2) is 67.5 Å². The summed E-state index contributed by atoms with van der Waals surface area (Å²) < 4.78 is 3.64. The number of phenols is 1. The van der Waals surface area contributed by atoms with Crippen LogP contribution in [0.2, 0.25) is 0 Å². The summed E-state index contributed by atoms with van der Waals surface area (Å²) in [6.45, 7) is 0.593. The zero-order valence-corrected chi connectivity index (χ0v) is 15.2. The van der Waals surface area contributed by atoms with Crippen molar-refractivity contribution in [2.24, 2.45) is 7.05 Å². The molecule has 0 saturated carbocycles. The van der Waals surface area contributed by atoms with Crippen molar-refractivity contribution in [3.8, 4) is 28.0 Å². The highest BCUT2D eigenvalue weighted by Gasteiger charge is 2.12. The zero-order valence-electron chi connectivity index (χ0n) is 15.2. The molecule has 1 aromatic carbocycles. The summed E-state index contributed by atoms with van der Waals surface area (Å²) in [5, 5.41) is 19.4. The number of phenolic OH excluding ortho intramolecular Hbond substituents is 1. The molecule has 138 valence electrons. The van der Waals surface area contributed by atoms with Gasteiger partial charge in [0.1, 0.15) is 11.4 Å². The van der Waals surface area contributed by atoms with Crippen molar-refractivity contribution in [2.45, 2.75) is 6.54 Å². The fourth-order valence-electron chi connectivity index (χ4n) is 3.40. The van der Waals surface area contributed by atoms with E-state index in [-0.39, 0.29) is 5.75 Å². The minimum Gasteiger partial charge on any atom is -0.508 e. The highest BCUT2D eigenvalue weighted by molar-refractivity contribution is 5.95. The molecule has 5 rings (SSSR count). The monoisotopic (exact) mass is 370 g/mol. The first-order valence-corrected chi connectivity index (χ1v) is 8.92. The van der Waals surface area contributed by atoms with E-state index in [2.05, 4.69) is 26.2 Å². The molecule has 0 bridgehead atoms. The number of aromatic hydroxyl groups is 1. The number of fused-ring (bicyclic) bond motifs is 1. The quantitative estimate of drug-likeness (QED) is 0.506. The van der Waals surface area contributed by atoms with Gasteiger partial charge in [-0.3, -0.25) is 9.36 Å². The van der Waals surface area contributed by atoms with Crippen LogP contribution in [0.5, 0.6) is 5.75 Å². The summed E-state index contributed by atoms with van der Waals surface area (Å²) in [6, 6.07) is 9.34. The summed E-state index contributed by atoms with van der Waals surface area (Å²) >= 11 is 0. The van der Waals surface area contributed by atoms with Gasteiger partial charge in [-0.05, 0) is 23.8 Å². The van der Waals surface area contributed by atoms with E-state index in [1.165, 1.54) is 0 Å². The highest BCUT2D eigenvalue weighted by atomic mass is 16.3. The molecule has 2 N–H and O–H groups in total. The minimum atomic E-state index is 0.260. The number of hydrogen-bond acceptors (Lipinski definition) is 4. The lowest BCUT2D eigenvalue weighted by Gasteiger charge is -2.02. The first kappa shape index (κ1) is 16.3. The van der Waals surface area contributed by atoms with Crippen LogP contribution in [-0.4, -0.2) is 34.6 Å². The molecule has 0 atom stereocenters. The van der Waals surface area contributed by atoms with E-state index in [0.717, 1.165) is 38.9 Å². The molecule has 0 aliphatic heterocycles. The van der Waals surface area contributed by atoms with Crippen LogP contribution in [0.1, 0.15) is 5.56 Å². The van der Waals surface area contributed by atoms with E-state index in [1.807, 2.05) is 61.0 Å². The Morgan fingerprint density at radius 1 is 1.00 bits per heavy atom. The van der Waals surface area contributed by atoms with E-state index in [1.54, 1.807) is 16.8 Å². The molecule has 4 aromatic heterocycles. The smallest absolute Gasteiger partial charge is 0.137 e. The van der Waals surface area contributed by atoms with Gasteiger partial charge in [-0.1, -0.05) is 12.1 Å². The van der Waals surface area contributed by atoms with Gasteiger partial charge < -0.3 is 10.1 Å². The lowest BCUT2D eigenvalue weighted by Crippen LogP contribution is -1.99. The maximum Gasteiger partial charge on any atom is 0.137 e. The number of hydrogen-bond donors (Lipinski definition) is 2. The zero-order chi connectivity index (χ0) is 19.1. The molecular formula is C21H18N6O. The third-order valence-electron chi connectivity index (χ3n) is 4.77. The van der Waals surface area contributed by atoms with Crippen LogP contribution in [0.3, 0.4) is 0 Å². The van der Waals surface area contributed by atoms with Gasteiger partial charge in [0.05, 0.1) is 18.9 Å². The number of nitrogens with zero attached hydrogens (tertiary/aromatic N) is 5. The Hall–Kier alpha value is -3.87. The molecule has 5 aromatic rings. The van der Waals surface area contributed by atoms with E-state index < -0.39 is 0 Å². The average Bonchev–Trinajstić information content (AvgIpc) is 3.40. The summed E-state index contributed by atoms with van der Waals surface area (Å²) in [6.07, 6.45) is 11.5. The van der Waals surface area contributed by atoms with E-state index in [9.17, 15) is 5.11 Å². The van der Waals surface area contributed by atoms with Crippen molar-refractivity contribution in [1.29, 1.82) is 0 Å². The van der Waals surface area contributed by atoms with Crippen molar-refractivity contribution >= 4 is 11.0 Å². The number of aryl methyl sites for hydroxylation is 1. The molecule has 7 heteroatoms. The highest BCUT2D eigenvalue weighted by Crippen LogP contribution is 2.30. The van der Waals surface area contributed by atoms with Crippen molar-refractivity contribution in [1.82, 2.24) is 29.5 Å². The van der Waals surface area contributed by atoms with Gasteiger partial charge in [-0.25, -0.2) is 4.98 Å². The van der Waals surface area contributed by atoms with Crippen LogP contribution in [-0.2, 0) is 13.6 Å². The van der Waals surface area contributed by atoms with Crippen molar-refractivity contribution in [3.63, 3.8) is 0 Å². The Kier molecular flexibility index (Phi) is 3.72. The molecule has 0 radical (unpaired) electrons. The number of aromatic nitrogens is 6. The predicted molar refractivity (Wildman–Crippen MR) is 107 cm³/mol. The van der Waals surface area contributed by atoms with Gasteiger partial charge in [0.25, 0.3) is 0 Å². The molecule has 4 heterocycles. The van der Waals surface area contributed by atoms with Crippen LogP contribution in [0, 0.1) is 0 Å². The van der Waals surface area contributed by atoms with Crippen molar-refractivity contribution in [3.05, 3.63) is 73.1 Å². The van der Waals surface area contributed by atoms with Gasteiger partial charge in [0.2, 0.25) is 0 Å². The first-order chi connectivity index (χ1) is 13.7. The Balaban J connectivity index is 1.50. The largest absolute Gasteiger partial charge is 0.508 e. The van der Waals surface area contributed by atoms with Crippen molar-refractivity contribution < 1.29 is 5.11 Å². The lowest BCUT2D eigenvalue weighted by molar-refractivity contribution is 0.474. The SMILES string of the molecule is Cn1cc(-c2cnc3[nH]cc(-c4cnn(Cc5cccc(O)c5)c4)c3c2)cn1. The molecular weight excluding hydrogens is 352 g/mol. The molecule has 0 saturated heterocycles. The maximum absolute atomic E-state index is 9.64. The van der Waals surface area contributed by atoms with Crippen LogP contribution >= 0.6 is 0 Å². The standard InChI is InChI=1S/C21H18N6O/c1-26-12-16(8-24-26)15-6-19-20(10-23-21(19)22-7-15)17-9-25-27(13-17)11-14-3-2-4-18(28)5-14/h2-10,12-13,28H,11H2,1H3,(H,22,23). The average molecular weight is 370 g/mol. The topological polar surface area (TPSA) is 84.5 Å². The molecule has 7 nitrogen and oxygen atoms in total. The lowest BCUT2D eigenvalue weighted by atomic mass is 10.1. The number of rotatable bonds is 4. The molecule has 0 spiro atoms. The number of benzene rings is 1. The Bertz CT molecular complexity index is 1280. The van der Waals surface area contributed by atoms with Crippen molar-refractivity contribution in [2.75, 3.05) is 0 Å². The maximum atomic E-state index is 9.64. The number of pyridine rings is 1. The van der Waals surface area contributed by atoms with Crippen LogP contribution < -0.4 is 0 Å². The molecule has 0 aliphatic rings. The Morgan fingerprint density at radius 2 is 1.89 bits per heavy atom. The van der Waals surface area contributed by atoms with Crippen LogP contribution in [0.25, 0.3) is 33.3 Å². The molecule has 0 unspecified atom stereocenters. The third-order valence-corrected chi connectivity index (χ3v) is 4.77. The summed E-state index contributed by atoms with van der Waals surface area (Å²) in [4.78, 5) is 7.78. The van der Waals surface area contributed by atoms with Gasteiger partial charge in [0.15, 0.2) is 0 Å². The minimum absolute atomic E-state index is 0.260. The number of nitrogens with one attached hydrogen (secondary N) is 1. The van der Waals surface area contributed by atoms with Gasteiger partial charge in [-0.2, -0.15) is 10.2 Å². The Morgan fingerprint density at radius 3 is 2.71 bits per heavy atom. The molecule has 0 fully saturated rings. The van der Waals surface area contributed by atoms with Gasteiger partial charge >= 0.3 is 0 Å². The molecule has 28 heavy (non-hydrogen) atoms. The van der Waals surface area contributed by atoms with E-state index in [4.69, 9.17) is 0 Å². The fourth-order valence-corrected chi connectivity index (χ4v) is 3.40. The van der Waals surface area contributed by atoms with E-state index in [0.29, 0.717) is 6.54 Å². The van der Waals surface area contributed by atoms with Gasteiger partial charge in [-0.15, -0.1) is 0 Å². The van der Waals surface area contributed by atoms with Gasteiger partial charge in [0, 0.05) is 59.5 Å². The molecule has 0 amide bonds. The normalized spacial score (nSPS) is 11.3. The summed E-state index contributed by atoms with van der Waals surface area (Å²) in [7, 11) is 1.90. The second-order valence-corrected chi connectivity index (χ2v) is 6.82. The summed E-state index contributed by atoms with van der Waals surface area (Å²) in [5.41, 5.74) is 5.95. The summed E-state index contributed by atoms with van der Waals surface area (Å²) in [5.74, 6) is 0.260. The number of aromatic amines is 1.